The molecular weight excluding hydrogens is 434 g/mol. The van der Waals surface area contributed by atoms with Crippen LogP contribution in [-0.4, -0.2) is 85.4 Å². The number of amides is 3. The third kappa shape index (κ3) is 4.34. The summed E-state index contributed by atoms with van der Waals surface area (Å²) < 4.78 is 10.7. The molecule has 0 N–H and O–H groups in total. The zero-order valence-corrected chi connectivity index (χ0v) is 20.2. The summed E-state index contributed by atoms with van der Waals surface area (Å²) in [5, 5.41) is 0. The van der Waals surface area contributed by atoms with Gasteiger partial charge < -0.3 is 24.2 Å². The highest BCUT2D eigenvalue weighted by atomic mass is 16.5. The second kappa shape index (κ2) is 9.47. The van der Waals surface area contributed by atoms with Crippen molar-refractivity contribution in [1.29, 1.82) is 0 Å². The minimum Gasteiger partial charge on any atom is -0.493 e. The first-order valence-electron chi connectivity index (χ1n) is 12.5. The zero-order valence-electron chi connectivity index (χ0n) is 20.2. The zero-order chi connectivity index (χ0) is 23.8. The van der Waals surface area contributed by atoms with Crippen LogP contribution < -0.4 is 9.47 Å². The first-order valence-corrected chi connectivity index (χ1v) is 12.5. The Morgan fingerprint density at radius 2 is 1.85 bits per heavy atom. The Bertz CT molecular complexity index is 966. The van der Waals surface area contributed by atoms with Crippen LogP contribution in [0.2, 0.25) is 0 Å². The molecule has 1 aromatic carbocycles. The van der Waals surface area contributed by atoms with Gasteiger partial charge in [0.2, 0.25) is 17.7 Å². The number of carbonyl (C=O) groups excluding carboxylic acids is 3. The molecule has 4 aliphatic heterocycles. The van der Waals surface area contributed by atoms with Crippen LogP contribution in [0, 0.1) is 17.8 Å². The van der Waals surface area contributed by atoms with Crippen molar-refractivity contribution in [2.45, 2.75) is 44.6 Å². The van der Waals surface area contributed by atoms with E-state index in [4.69, 9.17) is 9.47 Å². The number of rotatable bonds is 6. The number of piperidine rings is 3. The summed E-state index contributed by atoms with van der Waals surface area (Å²) in [7, 11) is 3.22. The highest BCUT2D eigenvalue weighted by Crippen LogP contribution is 2.38. The Hall–Kier alpha value is -2.77. The fourth-order valence-corrected chi connectivity index (χ4v) is 6.50. The lowest BCUT2D eigenvalue weighted by molar-refractivity contribution is -0.150. The predicted octanol–water partition coefficient (Wildman–Crippen LogP) is 1.95. The largest absolute Gasteiger partial charge is 0.493 e. The standard InChI is InChI=1S/C26H35N3O5/c1-33-22-7-6-17(11-23(22)34-2)8-9-27-16-20(12-25(27)31)26(32)28-13-18-10-19(15-28)21-4-3-5-24(30)29(21)14-18/h6-7,11,18-21H,3-5,8-10,12-16H2,1-2H3/t18-,19+,20-,21-/m1/s1. The lowest BCUT2D eigenvalue weighted by atomic mass is 9.75. The van der Waals surface area contributed by atoms with Gasteiger partial charge in [0.05, 0.1) is 20.1 Å². The van der Waals surface area contributed by atoms with Crippen LogP contribution in [0.1, 0.15) is 37.7 Å². The second-order valence-electron chi connectivity index (χ2n) is 10.3. The summed E-state index contributed by atoms with van der Waals surface area (Å²) in [6.45, 7) is 3.29. The maximum absolute atomic E-state index is 13.4. The smallest absolute Gasteiger partial charge is 0.228 e. The highest BCUT2D eigenvalue weighted by Gasteiger charge is 2.46. The number of likely N-dealkylation sites (tertiary alicyclic amines) is 2. The fourth-order valence-electron chi connectivity index (χ4n) is 6.50. The van der Waals surface area contributed by atoms with Crippen molar-refractivity contribution < 1.29 is 23.9 Å². The van der Waals surface area contributed by atoms with Crippen LogP contribution in [-0.2, 0) is 20.8 Å². The Morgan fingerprint density at radius 3 is 2.65 bits per heavy atom. The predicted molar refractivity (Wildman–Crippen MR) is 125 cm³/mol. The molecule has 3 amide bonds. The van der Waals surface area contributed by atoms with Crippen LogP contribution in [0.4, 0.5) is 0 Å². The molecule has 8 heteroatoms. The summed E-state index contributed by atoms with van der Waals surface area (Å²) in [5.41, 5.74) is 1.07. The van der Waals surface area contributed by atoms with Gasteiger partial charge in [-0.25, -0.2) is 0 Å². The molecule has 2 bridgehead atoms. The van der Waals surface area contributed by atoms with Gasteiger partial charge in [0, 0.05) is 51.6 Å². The SMILES string of the molecule is COc1ccc(CCN2C[C@H](C(=O)N3C[C@H]4C[C@@H](C3)[C@H]3CCCC(=O)N3C4)CC2=O)cc1OC. The van der Waals surface area contributed by atoms with Gasteiger partial charge in [0.1, 0.15) is 0 Å². The molecule has 4 aliphatic rings. The summed E-state index contributed by atoms with van der Waals surface area (Å²) in [4.78, 5) is 44.4. The lowest BCUT2D eigenvalue weighted by Crippen LogP contribution is -2.61. The van der Waals surface area contributed by atoms with Gasteiger partial charge >= 0.3 is 0 Å². The molecule has 0 spiro atoms. The second-order valence-corrected chi connectivity index (χ2v) is 10.3. The van der Waals surface area contributed by atoms with Crippen molar-refractivity contribution in [2.24, 2.45) is 17.8 Å². The van der Waals surface area contributed by atoms with Crippen LogP contribution in [0.3, 0.4) is 0 Å². The van der Waals surface area contributed by atoms with Gasteiger partial charge in [0.25, 0.3) is 0 Å². The van der Waals surface area contributed by atoms with Crippen LogP contribution in [0.5, 0.6) is 11.5 Å². The number of carbonyl (C=O) groups is 3. The van der Waals surface area contributed by atoms with Crippen molar-refractivity contribution in [3.05, 3.63) is 23.8 Å². The van der Waals surface area contributed by atoms with Gasteiger partial charge in [-0.1, -0.05) is 6.07 Å². The molecule has 8 nitrogen and oxygen atoms in total. The number of ether oxygens (including phenoxy) is 2. The van der Waals surface area contributed by atoms with Gasteiger partial charge in [-0.05, 0) is 55.2 Å². The maximum Gasteiger partial charge on any atom is 0.228 e. The molecule has 0 saturated carbocycles. The molecule has 0 aliphatic carbocycles. The number of hydrogen-bond donors (Lipinski definition) is 0. The van der Waals surface area contributed by atoms with E-state index in [1.807, 2.05) is 28.0 Å². The lowest BCUT2D eigenvalue weighted by Gasteiger charge is -2.52. The monoisotopic (exact) mass is 469 g/mol. The molecule has 184 valence electrons. The molecule has 0 aromatic heterocycles. The van der Waals surface area contributed by atoms with Crippen molar-refractivity contribution >= 4 is 17.7 Å². The minimum absolute atomic E-state index is 0.0556. The molecule has 34 heavy (non-hydrogen) atoms. The normalized spacial score (nSPS) is 28.7. The van der Waals surface area contributed by atoms with E-state index in [0.29, 0.717) is 62.2 Å². The average molecular weight is 470 g/mol. The molecule has 0 radical (unpaired) electrons. The Morgan fingerprint density at radius 1 is 1.03 bits per heavy atom. The Labute approximate surface area is 201 Å². The summed E-state index contributed by atoms with van der Waals surface area (Å²) in [6.07, 6.45) is 4.79. The first-order chi connectivity index (χ1) is 16.5. The van der Waals surface area contributed by atoms with Crippen LogP contribution >= 0.6 is 0 Å². The van der Waals surface area contributed by atoms with Gasteiger partial charge in [-0.2, -0.15) is 0 Å². The fraction of sp³-hybridized carbons (Fsp3) is 0.654. The highest BCUT2D eigenvalue weighted by molar-refractivity contribution is 5.89. The third-order valence-electron chi connectivity index (χ3n) is 8.17. The van der Waals surface area contributed by atoms with E-state index in [0.717, 1.165) is 37.9 Å². The molecule has 5 rings (SSSR count). The van der Waals surface area contributed by atoms with E-state index < -0.39 is 0 Å². The number of hydrogen-bond acceptors (Lipinski definition) is 5. The van der Waals surface area contributed by atoms with Crippen LogP contribution in [0.15, 0.2) is 18.2 Å². The van der Waals surface area contributed by atoms with Crippen molar-refractivity contribution in [1.82, 2.24) is 14.7 Å². The molecule has 4 fully saturated rings. The molecule has 4 heterocycles. The van der Waals surface area contributed by atoms with E-state index in [9.17, 15) is 14.4 Å². The van der Waals surface area contributed by atoms with Crippen molar-refractivity contribution in [3.63, 3.8) is 0 Å². The third-order valence-corrected chi connectivity index (χ3v) is 8.17. The van der Waals surface area contributed by atoms with E-state index in [1.54, 1.807) is 14.2 Å². The van der Waals surface area contributed by atoms with E-state index in [1.165, 1.54) is 0 Å². The number of methoxy groups -OCH3 is 2. The van der Waals surface area contributed by atoms with E-state index in [-0.39, 0.29) is 29.7 Å². The molecule has 0 unspecified atom stereocenters. The number of fused-ring (bicyclic) bond motifs is 4. The van der Waals surface area contributed by atoms with Crippen LogP contribution in [0.25, 0.3) is 0 Å². The van der Waals surface area contributed by atoms with Gasteiger partial charge in [-0.15, -0.1) is 0 Å². The Balaban J connectivity index is 1.18. The molecule has 4 atom stereocenters. The minimum atomic E-state index is -0.263. The summed E-state index contributed by atoms with van der Waals surface area (Å²) >= 11 is 0. The number of nitrogens with zero attached hydrogens (tertiary/aromatic N) is 3. The molecule has 1 aromatic rings. The quantitative estimate of drug-likeness (QED) is 0.636. The summed E-state index contributed by atoms with van der Waals surface area (Å²) in [6, 6.07) is 6.08. The number of benzene rings is 1. The average Bonchev–Trinajstić information content (AvgIpc) is 3.23. The maximum atomic E-state index is 13.4. The first kappa shape index (κ1) is 23.0. The Kier molecular flexibility index (Phi) is 6.40. The topological polar surface area (TPSA) is 79.4 Å². The summed E-state index contributed by atoms with van der Waals surface area (Å²) in [5.74, 6) is 2.29. The van der Waals surface area contributed by atoms with E-state index >= 15 is 0 Å². The molecular formula is C26H35N3O5. The molecule has 4 saturated heterocycles. The van der Waals surface area contributed by atoms with E-state index in [2.05, 4.69) is 4.90 Å². The van der Waals surface area contributed by atoms with Crippen molar-refractivity contribution in [3.8, 4) is 11.5 Å². The van der Waals surface area contributed by atoms with Gasteiger partial charge in [-0.3, -0.25) is 14.4 Å². The van der Waals surface area contributed by atoms with Gasteiger partial charge in [0.15, 0.2) is 11.5 Å². The van der Waals surface area contributed by atoms with Crippen molar-refractivity contribution in [2.75, 3.05) is 46.9 Å².